The van der Waals surface area contributed by atoms with E-state index in [0.717, 1.165) is 0 Å². The SMILES string of the molecule is COC(=O)c1c(OC2CCOC2=O)ccc(Cl)c1NC(C)=O. The van der Waals surface area contributed by atoms with E-state index in [0.29, 0.717) is 6.42 Å². The molecule has 1 unspecified atom stereocenters. The summed E-state index contributed by atoms with van der Waals surface area (Å²) >= 11 is 6.02. The molecule has 1 aliphatic rings. The molecule has 0 bridgehead atoms. The maximum atomic E-state index is 12.0. The van der Waals surface area contributed by atoms with Crippen molar-refractivity contribution in [2.45, 2.75) is 19.4 Å². The highest BCUT2D eigenvalue weighted by Gasteiger charge is 2.31. The minimum atomic E-state index is -0.810. The van der Waals surface area contributed by atoms with E-state index >= 15 is 0 Å². The molecule has 0 saturated carbocycles. The molecular formula is C14H14ClNO6. The molecule has 1 heterocycles. The van der Waals surface area contributed by atoms with Gasteiger partial charge in [0.2, 0.25) is 5.91 Å². The van der Waals surface area contributed by atoms with Crippen molar-refractivity contribution >= 4 is 35.1 Å². The van der Waals surface area contributed by atoms with Gasteiger partial charge in [0, 0.05) is 13.3 Å². The number of halogens is 1. The van der Waals surface area contributed by atoms with Crippen LogP contribution in [0.4, 0.5) is 5.69 Å². The first-order chi connectivity index (χ1) is 10.4. The van der Waals surface area contributed by atoms with Crippen molar-refractivity contribution in [3.63, 3.8) is 0 Å². The zero-order valence-corrected chi connectivity index (χ0v) is 12.7. The molecule has 0 radical (unpaired) electrons. The fourth-order valence-corrected chi connectivity index (χ4v) is 2.20. The van der Waals surface area contributed by atoms with E-state index in [-0.39, 0.29) is 28.6 Å². The van der Waals surface area contributed by atoms with Gasteiger partial charge in [0.05, 0.1) is 24.4 Å². The molecule has 0 aromatic heterocycles. The topological polar surface area (TPSA) is 90.9 Å². The third-order valence-electron chi connectivity index (χ3n) is 2.96. The molecule has 1 aromatic carbocycles. The maximum Gasteiger partial charge on any atom is 0.347 e. The van der Waals surface area contributed by atoms with Crippen LogP contribution in [-0.4, -0.2) is 37.7 Å². The van der Waals surface area contributed by atoms with Crippen LogP contribution in [-0.2, 0) is 19.1 Å². The summed E-state index contributed by atoms with van der Waals surface area (Å²) in [6, 6.07) is 2.89. The molecule has 1 aliphatic heterocycles. The lowest BCUT2D eigenvalue weighted by Crippen LogP contribution is -2.23. The third-order valence-corrected chi connectivity index (χ3v) is 3.28. The molecule has 1 amide bonds. The maximum absolute atomic E-state index is 12.0. The van der Waals surface area contributed by atoms with Crippen LogP contribution in [0.15, 0.2) is 12.1 Å². The first-order valence-corrected chi connectivity index (χ1v) is 6.83. The molecule has 1 fully saturated rings. The lowest BCUT2D eigenvalue weighted by Gasteiger charge is -2.17. The second-order valence-electron chi connectivity index (χ2n) is 4.53. The Hall–Kier alpha value is -2.28. The van der Waals surface area contributed by atoms with Crippen LogP contribution >= 0.6 is 11.6 Å². The van der Waals surface area contributed by atoms with Crippen molar-refractivity contribution in [1.29, 1.82) is 0 Å². The summed E-state index contributed by atoms with van der Waals surface area (Å²) in [4.78, 5) is 34.8. The number of carbonyl (C=O) groups excluding carboxylic acids is 3. The van der Waals surface area contributed by atoms with Crippen LogP contribution in [0, 0.1) is 0 Å². The van der Waals surface area contributed by atoms with E-state index < -0.39 is 23.9 Å². The minimum Gasteiger partial charge on any atom is -0.478 e. The van der Waals surface area contributed by atoms with Crippen LogP contribution < -0.4 is 10.1 Å². The number of carbonyl (C=O) groups is 3. The summed E-state index contributed by atoms with van der Waals surface area (Å²) < 4.78 is 15.0. The van der Waals surface area contributed by atoms with E-state index in [1.807, 2.05) is 0 Å². The van der Waals surface area contributed by atoms with Gasteiger partial charge in [-0.05, 0) is 12.1 Å². The first kappa shape index (κ1) is 16.1. The summed E-state index contributed by atoms with van der Waals surface area (Å²) in [5.41, 5.74) is 0.0229. The highest BCUT2D eigenvalue weighted by atomic mass is 35.5. The predicted molar refractivity (Wildman–Crippen MR) is 77.1 cm³/mol. The third kappa shape index (κ3) is 3.30. The molecule has 1 atom stereocenters. The van der Waals surface area contributed by atoms with Gasteiger partial charge in [-0.2, -0.15) is 0 Å². The number of cyclic esters (lactones) is 1. The summed E-state index contributed by atoms with van der Waals surface area (Å²) in [5, 5.41) is 2.62. The molecule has 118 valence electrons. The van der Waals surface area contributed by atoms with Crippen molar-refractivity contribution in [3.05, 3.63) is 22.7 Å². The molecule has 8 heteroatoms. The van der Waals surface area contributed by atoms with Crippen LogP contribution in [0.3, 0.4) is 0 Å². The number of hydrogen-bond acceptors (Lipinski definition) is 6. The zero-order valence-electron chi connectivity index (χ0n) is 12.0. The van der Waals surface area contributed by atoms with E-state index in [1.165, 1.54) is 26.2 Å². The number of amides is 1. The standard InChI is InChI=1S/C14H14ClNO6/c1-7(17)16-12-8(15)3-4-9(11(12)14(19)20-2)22-10-5-6-21-13(10)18/h3-4,10H,5-6H2,1-2H3,(H,16,17). The molecule has 0 spiro atoms. The second kappa shape index (κ2) is 6.65. The highest BCUT2D eigenvalue weighted by Crippen LogP contribution is 2.35. The van der Waals surface area contributed by atoms with Gasteiger partial charge in [-0.15, -0.1) is 0 Å². The van der Waals surface area contributed by atoms with Gasteiger partial charge >= 0.3 is 11.9 Å². The quantitative estimate of drug-likeness (QED) is 0.848. The van der Waals surface area contributed by atoms with Crippen molar-refractivity contribution < 1.29 is 28.6 Å². The van der Waals surface area contributed by atoms with Gasteiger partial charge in [-0.1, -0.05) is 11.6 Å². The van der Waals surface area contributed by atoms with Gasteiger partial charge in [-0.25, -0.2) is 9.59 Å². The van der Waals surface area contributed by atoms with Crippen LogP contribution in [0.1, 0.15) is 23.7 Å². The van der Waals surface area contributed by atoms with Gasteiger partial charge in [0.25, 0.3) is 0 Å². The molecule has 7 nitrogen and oxygen atoms in total. The van der Waals surface area contributed by atoms with Crippen LogP contribution in [0.2, 0.25) is 5.02 Å². The Labute approximate surface area is 131 Å². The molecule has 1 N–H and O–H groups in total. The fourth-order valence-electron chi connectivity index (χ4n) is 2.00. The van der Waals surface area contributed by atoms with Crippen molar-refractivity contribution in [2.24, 2.45) is 0 Å². The number of rotatable bonds is 4. The van der Waals surface area contributed by atoms with E-state index in [1.54, 1.807) is 0 Å². The number of hydrogen-bond donors (Lipinski definition) is 1. The average Bonchev–Trinajstić information content (AvgIpc) is 2.87. The smallest absolute Gasteiger partial charge is 0.347 e. The Morgan fingerprint density at radius 2 is 2.14 bits per heavy atom. The normalized spacial score (nSPS) is 16.9. The van der Waals surface area contributed by atoms with E-state index in [4.69, 9.17) is 25.8 Å². The summed E-state index contributed by atoms with van der Waals surface area (Å²) in [6.07, 6.45) is -0.438. The predicted octanol–water partition coefficient (Wildman–Crippen LogP) is 1.78. The summed E-state index contributed by atoms with van der Waals surface area (Å²) in [5.74, 6) is -1.58. The highest BCUT2D eigenvalue weighted by molar-refractivity contribution is 6.34. The van der Waals surface area contributed by atoms with Gasteiger partial charge in [-0.3, -0.25) is 4.79 Å². The Bertz CT molecular complexity index is 630. The Kier molecular flexibility index (Phi) is 4.87. The number of nitrogens with one attached hydrogen (secondary N) is 1. The van der Waals surface area contributed by atoms with E-state index in [9.17, 15) is 14.4 Å². The van der Waals surface area contributed by atoms with E-state index in [2.05, 4.69) is 5.32 Å². The monoisotopic (exact) mass is 327 g/mol. The lowest BCUT2D eigenvalue weighted by atomic mass is 10.1. The minimum absolute atomic E-state index is 0.0510. The summed E-state index contributed by atoms with van der Waals surface area (Å²) in [7, 11) is 1.19. The van der Waals surface area contributed by atoms with Crippen molar-refractivity contribution in [1.82, 2.24) is 0 Å². The lowest BCUT2D eigenvalue weighted by molar-refractivity contribution is -0.143. The van der Waals surface area contributed by atoms with Crippen LogP contribution in [0.5, 0.6) is 5.75 Å². The van der Waals surface area contributed by atoms with Gasteiger partial charge in [0.1, 0.15) is 11.3 Å². The van der Waals surface area contributed by atoms with Crippen LogP contribution in [0.25, 0.3) is 0 Å². The molecule has 1 saturated heterocycles. The Morgan fingerprint density at radius 1 is 1.41 bits per heavy atom. The molecule has 1 aromatic rings. The number of benzene rings is 1. The first-order valence-electron chi connectivity index (χ1n) is 6.45. The molecule has 22 heavy (non-hydrogen) atoms. The summed E-state index contributed by atoms with van der Waals surface area (Å²) in [6.45, 7) is 1.53. The largest absolute Gasteiger partial charge is 0.478 e. The Balaban J connectivity index is 2.45. The zero-order chi connectivity index (χ0) is 16.3. The Morgan fingerprint density at radius 3 is 2.68 bits per heavy atom. The average molecular weight is 328 g/mol. The number of methoxy groups -OCH3 is 1. The van der Waals surface area contributed by atoms with Crippen molar-refractivity contribution in [3.8, 4) is 5.75 Å². The molecular weight excluding hydrogens is 314 g/mol. The van der Waals surface area contributed by atoms with Crippen molar-refractivity contribution in [2.75, 3.05) is 19.0 Å². The van der Waals surface area contributed by atoms with Gasteiger partial charge in [0.15, 0.2) is 6.10 Å². The second-order valence-corrected chi connectivity index (χ2v) is 4.94. The number of esters is 2. The molecule has 0 aliphatic carbocycles. The number of ether oxygens (including phenoxy) is 3. The fraction of sp³-hybridized carbons (Fsp3) is 0.357. The van der Waals surface area contributed by atoms with Gasteiger partial charge < -0.3 is 19.5 Å². The molecule has 2 rings (SSSR count). The number of anilines is 1.